The third kappa shape index (κ3) is 4.45. The molecule has 1 aromatic heterocycles. The Morgan fingerprint density at radius 3 is 2.26 bits per heavy atom. The lowest BCUT2D eigenvalue weighted by molar-refractivity contribution is 0.0941. The van der Waals surface area contributed by atoms with Crippen molar-refractivity contribution in [2.45, 2.75) is 39.0 Å². The molecule has 3 aromatic rings. The highest BCUT2D eigenvalue weighted by Gasteiger charge is 2.21. The number of pyridine rings is 1. The van der Waals surface area contributed by atoms with Crippen LogP contribution in [-0.4, -0.2) is 22.4 Å². The van der Waals surface area contributed by atoms with Crippen LogP contribution in [0.4, 0.5) is 4.39 Å². The summed E-state index contributed by atoms with van der Waals surface area (Å²) < 4.78 is 20.1. The molecule has 2 atom stereocenters. The van der Waals surface area contributed by atoms with Crippen molar-refractivity contribution in [3.8, 4) is 33.9 Å². The number of phenols is 1. The van der Waals surface area contributed by atoms with E-state index in [4.69, 9.17) is 4.74 Å². The Bertz CT molecular complexity index is 862. The van der Waals surface area contributed by atoms with E-state index in [2.05, 4.69) is 4.98 Å². The van der Waals surface area contributed by atoms with Crippen LogP contribution in [0.2, 0.25) is 0 Å². The van der Waals surface area contributed by atoms with Gasteiger partial charge in [-0.2, -0.15) is 0 Å². The molecular formula is C23H24FNO2. The Hall–Kier alpha value is -2.88. The molecule has 0 fully saturated rings. The molecule has 0 bridgehead atoms. The van der Waals surface area contributed by atoms with Crippen molar-refractivity contribution >= 4 is 0 Å². The average molecular weight is 365 g/mol. The SMILES string of the molecule is CCC(F)C(CC)Oc1ccccc1-c1ccc(-c2ccc(O)cc2)cn1. The van der Waals surface area contributed by atoms with Crippen molar-refractivity contribution in [1.29, 1.82) is 0 Å². The van der Waals surface area contributed by atoms with Crippen LogP contribution >= 0.6 is 0 Å². The fraction of sp³-hybridized carbons (Fsp3) is 0.261. The van der Waals surface area contributed by atoms with Crippen molar-refractivity contribution in [1.82, 2.24) is 4.98 Å². The monoisotopic (exact) mass is 365 g/mol. The summed E-state index contributed by atoms with van der Waals surface area (Å²) in [5.41, 5.74) is 3.55. The van der Waals surface area contributed by atoms with E-state index in [1.165, 1.54) is 0 Å². The zero-order valence-electron chi connectivity index (χ0n) is 15.6. The molecule has 4 heteroatoms. The summed E-state index contributed by atoms with van der Waals surface area (Å²) in [7, 11) is 0. The largest absolute Gasteiger partial charge is 0.508 e. The number of rotatable bonds is 7. The highest BCUT2D eigenvalue weighted by molar-refractivity contribution is 5.70. The number of benzene rings is 2. The molecular weight excluding hydrogens is 341 g/mol. The predicted octanol–water partition coefficient (Wildman–Crippen LogP) is 6.03. The van der Waals surface area contributed by atoms with Crippen LogP contribution in [0.5, 0.6) is 11.5 Å². The lowest BCUT2D eigenvalue weighted by atomic mass is 10.0. The van der Waals surface area contributed by atoms with Crippen LogP contribution in [0.25, 0.3) is 22.4 Å². The van der Waals surface area contributed by atoms with Gasteiger partial charge in [-0.15, -0.1) is 0 Å². The summed E-state index contributed by atoms with van der Waals surface area (Å²) in [4.78, 5) is 4.57. The van der Waals surface area contributed by atoms with Gasteiger partial charge in [0.1, 0.15) is 23.8 Å². The number of aromatic hydroxyl groups is 1. The van der Waals surface area contributed by atoms with Crippen LogP contribution in [0.3, 0.4) is 0 Å². The summed E-state index contributed by atoms with van der Waals surface area (Å²) >= 11 is 0. The Morgan fingerprint density at radius 1 is 0.926 bits per heavy atom. The molecule has 0 radical (unpaired) electrons. The van der Waals surface area contributed by atoms with Crippen molar-refractivity contribution < 1.29 is 14.2 Å². The van der Waals surface area contributed by atoms with Crippen LogP contribution in [-0.2, 0) is 0 Å². The molecule has 0 saturated carbocycles. The second-order valence-corrected chi connectivity index (χ2v) is 6.46. The van der Waals surface area contributed by atoms with E-state index < -0.39 is 12.3 Å². The van der Waals surface area contributed by atoms with E-state index in [1.54, 1.807) is 18.3 Å². The topological polar surface area (TPSA) is 42.4 Å². The second-order valence-electron chi connectivity index (χ2n) is 6.46. The zero-order chi connectivity index (χ0) is 19.2. The summed E-state index contributed by atoms with van der Waals surface area (Å²) in [6.07, 6.45) is 1.37. The fourth-order valence-corrected chi connectivity index (χ4v) is 3.00. The van der Waals surface area contributed by atoms with Gasteiger partial charge in [-0.1, -0.05) is 44.2 Å². The van der Waals surface area contributed by atoms with Gasteiger partial charge >= 0.3 is 0 Å². The molecule has 27 heavy (non-hydrogen) atoms. The third-order valence-corrected chi connectivity index (χ3v) is 4.60. The highest BCUT2D eigenvalue weighted by Crippen LogP contribution is 2.32. The molecule has 3 rings (SSSR count). The van der Waals surface area contributed by atoms with E-state index in [0.717, 1.165) is 22.4 Å². The van der Waals surface area contributed by atoms with Gasteiger partial charge in [-0.05, 0) is 48.7 Å². The molecule has 140 valence electrons. The maximum Gasteiger partial charge on any atom is 0.136 e. The molecule has 2 unspecified atom stereocenters. The first-order valence-electron chi connectivity index (χ1n) is 9.28. The predicted molar refractivity (Wildman–Crippen MR) is 107 cm³/mol. The van der Waals surface area contributed by atoms with E-state index in [-0.39, 0.29) is 5.75 Å². The van der Waals surface area contributed by atoms with Gasteiger partial charge in [0.2, 0.25) is 0 Å². The van der Waals surface area contributed by atoms with Crippen molar-refractivity contribution in [2.24, 2.45) is 0 Å². The van der Waals surface area contributed by atoms with Gasteiger partial charge in [0.15, 0.2) is 0 Å². The number of alkyl halides is 1. The second kappa shape index (κ2) is 8.67. The number of nitrogens with zero attached hydrogens (tertiary/aromatic N) is 1. The van der Waals surface area contributed by atoms with Crippen molar-refractivity contribution in [3.05, 3.63) is 66.9 Å². The Morgan fingerprint density at radius 2 is 1.63 bits per heavy atom. The molecule has 0 saturated heterocycles. The maximum absolute atomic E-state index is 14.1. The van der Waals surface area contributed by atoms with Crippen molar-refractivity contribution in [2.75, 3.05) is 0 Å². The maximum atomic E-state index is 14.1. The lowest BCUT2D eigenvalue weighted by Gasteiger charge is -2.22. The van der Waals surface area contributed by atoms with Crippen LogP contribution in [0.1, 0.15) is 26.7 Å². The standard InChI is InChI=1S/C23H24FNO2/c1-3-20(24)22(4-2)27-23-8-6-5-7-19(23)21-14-11-17(15-25-21)16-9-12-18(26)13-10-16/h5-15,20,22,26H,3-4H2,1-2H3. The molecule has 1 N–H and O–H groups in total. The van der Waals surface area contributed by atoms with Crippen LogP contribution < -0.4 is 4.74 Å². The van der Waals surface area contributed by atoms with Gasteiger partial charge in [-0.3, -0.25) is 4.98 Å². The molecule has 0 amide bonds. The van der Waals surface area contributed by atoms with E-state index in [0.29, 0.717) is 18.6 Å². The molecule has 3 nitrogen and oxygen atoms in total. The Balaban J connectivity index is 1.87. The number of hydrogen-bond acceptors (Lipinski definition) is 3. The minimum Gasteiger partial charge on any atom is -0.508 e. The smallest absolute Gasteiger partial charge is 0.136 e. The molecule has 0 spiro atoms. The molecule has 1 heterocycles. The number of aromatic nitrogens is 1. The first-order chi connectivity index (χ1) is 13.1. The molecule has 0 aliphatic carbocycles. The number of ether oxygens (including phenoxy) is 1. The summed E-state index contributed by atoms with van der Waals surface area (Å²) in [5.74, 6) is 0.878. The third-order valence-electron chi connectivity index (χ3n) is 4.60. The summed E-state index contributed by atoms with van der Waals surface area (Å²) in [6, 6.07) is 18.5. The lowest BCUT2D eigenvalue weighted by Crippen LogP contribution is -2.27. The van der Waals surface area contributed by atoms with E-state index >= 15 is 0 Å². The molecule has 2 aromatic carbocycles. The highest BCUT2D eigenvalue weighted by atomic mass is 19.1. The van der Waals surface area contributed by atoms with Crippen molar-refractivity contribution in [3.63, 3.8) is 0 Å². The first-order valence-corrected chi connectivity index (χ1v) is 9.28. The summed E-state index contributed by atoms with van der Waals surface area (Å²) in [6.45, 7) is 3.76. The van der Waals surface area contributed by atoms with Crippen LogP contribution in [0.15, 0.2) is 66.9 Å². The van der Waals surface area contributed by atoms with Gasteiger partial charge in [-0.25, -0.2) is 4.39 Å². The number of para-hydroxylation sites is 1. The summed E-state index contributed by atoms with van der Waals surface area (Å²) in [5, 5.41) is 9.42. The minimum atomic E-state index is -0.993. The first kappa shape index (κ1) is 18.9. The van der Waals surface area contributed by atoms with E-state index in [1.807, 2.05) is 62.4 Å². The zero-order valence-corrected chi connectivity index (χ0v) is 15.6. The van der Waals surface area contributed by atoms with Gasteiger partial charge < -0.3 is 9.84 Å². The van der Waals surface area contributed by atoms with E-state index in [9.17, 15) is 9.50 Å². The fourth-order valence-electron chi connectivity index (χ4n) is 3.00. The minimum absolute atomic E-state index is 0.234. The normalized spacial score (nSPS) is 13.1. The molecule has 0 aliphatic rings. The Labute approximate surface area is 159 Å². The average Bonchev–Trinajstić information content (AvgIpc) is 2.72. The quantitative estimate of drug-likeness (QED) is 0.556. The number of halogens is 1. The van der Waals surface area contributed by atoms with Gasteiger partial charge in [0.05, 0.1) is 5.69 Å². The van der Waals surface area contributed by atoms with Crippen LogP contribution in [0, 0.1) is 0 Å². The number of hydrogen-bond donors (Lipinski definition) is 1. The van der Waals surface area contributed by atoms with Gasteiger partial charge in [0.25, 0.3) is 0 Å². The Kier molecular flexibility index (Phi) is 6.07. The molecule has 0 aliphatic heterocycles. The number of phenolic OH excluding ortho intramolecular Hbond substituents is 1. The van der Waals surface area contributed by atoms with Gasteiger partial charge in [0, 0.05) is 17.3 Å².